The van der Waals surface area contributed by atoms with E-state index in [9.17, 15) is 0 Å². The van der Waals surface area contributed by atoms with Crippen LogP contribution >= 0.6 is 0 Å². The van der Waals surface area contributed by atoms with E-state index in [4.69, 9.17) is 14.7 Å². The molecule has 0 radical (unpaired) electrons. The number of hydrogen-bond donors (Lipinski definition) is 1. The van der Waals surface area contributed by atoms with E-state index in [0.717, 1.165) is 56.6 Å². The third-order valence-electron chi connectivity index (χ3n) is 12.6. The molecule has 4 nitrogen and oxygen atoms in total. The van der Waals surface area contributed by atoms with Crippen LogP contribution in [0.3, 0.4) is 0 Å². The van der Waals surface area contributed by atoms with Crippen molar-refractivity contribution in [3.8, 4) is 56.0 Å². The SMILES string of the molecule is c1ccc(C2=NC(c3ccc(-c4ccccc4)cc3)N=C(c3cccc(-c4cccc(-c5ccc6c(c5)C5(c7ccccc7Oc7ccccc75)c5ccccc5-6)c4)c3)N2)cc1. The fourth-order valence-electron chi connectivity index (χ4n) is 9.73. The Morgan fingerprint density at radius 3 is 1.45 bits per heavy atom. The summed E-state index contributed by atoms with van der Waals surface area (Å²) in [5.41, 5.74) is 16.8. The maximum atomic E-state index is 6.58. The van der Waals surface area contributed by atoms with E-state index in [2.05, 4.69) is 206 Å². The third-order valence-corrected chi connectivity index (χ3v) is 12.6. The molecule has 2 aliphatic heterocycles. The number of ether oxygens (including phenoxy) is 1. The monoisotopic (exact) mass is 793 g/mol. The van der Waals surface area contributed by atoms with Crippen molar-refractivity contribution in [2.24, 2.45) is 9.98 Å². The molecule has 4 heteroatoms. The Labute approximate surface area is 361 Å². The van der Waals surface area contributed by atoms with Gasteiger partial charge in [-0.1, -0.05) is 194 Å². The Balaban J connectivity index is 0.925. The molecule has 9 aromatic rings. The molecule has 0 amide bonds. The first kappa shape index (κ1) is 35.8. The second-order valence-corrected chi connectivity index (χ2v) is 16.1. The first-order valence-corrected chi connectivity index (χ1v) is 21.2. The van der Waals surface area contributed by atoms with E-state index in [1.54, 1.807) is 0 Å². The normalized spacial score (nSPS) is 15.2. The van der Waals surface area contributed by atoms with E-state index in [0.29, 0.717) is 0 Å². The third kappa shape index (κ3) is 5.83. The van der Waals surface area contributed by atoms with Gasteiger partial charge < -0.3 is 10.1 Å². The second-order valence-electron chi connectivity index (χ2n) is 16.1. The summed E-state index contributed by atoms with van der Waals surface area (Å²) in [5.74, 6) is 3.38. The number of nitrogens with zero attached hydrogens (tertiary/aromatic N) is 2. The first-order chi connectivity index (χ1) is 30.7. The van der Waals surface area contributed by atoms with Crippen LogP contribution in [-0.2, 0) is 5.41 Å². The summed E-state index contributed by atoms with van der Waals surface area (Å²) < 4.78 is 6.58. The molecule has 0 saturated heterocycles. The first-order valence-electron chi connectivity index (χ1n) is 21.2. The highest BCUT2D eigenvalue weighted by Crippen LogP contribution is 2.62. The molecule has 1 aliphatic carbocycles. The van der Waals surface area contributed by atoms with E-state index in [1.807, 2.05) is 24.3 Å². The molecule has 2 heterocycles. The van der Waals surface area contributed by atoms with Crippen LogP contribution in [-0.4, -0.2) is 11.7 Å². The fourth-order valence-corrected chi connectivity index (χ4v) is 9.73. The summed E-state index contributed by atoms with van der Waals surface area (Å²) in [6.07, 6.45) is -0.401. The maximum absolute atomic E-state index is 6.58. The minimum atomic E-state index is -0.517. The fraction of sp³-hybridized carbons (Fsp3) is 0.0345. The van der Waals surface area contributed by atoms with Crippen LogP contribution in [0.25, 0.3) is 44.5 Å². The van der Waals surface area contributed by atoms with Gasteiger partial charge in [0, 0.05) is 22.3 Å². The minimum absolute atomic E-state index is 0.401. The molecule has 1 N–H and O–H groups in total. The van der Waals surface area contributed by atoms with Crippen molar-refractivity contribution in [2.45, 2.75) is 11.6 Å². The number of nitrogens with one attached hydrogen (secondary N) is 1. The van der Waals surface area contributed by atoms with Crippen LogP contribution in [0.4, 0.5) is 0 Å². The molecule has 9 aromatic carbocycles. The van der Waals surface area contributed by atoms with Crippen molar-refractivity contribution < 1.29 is 4.74 Å². The molecule has 0 aromatic heterocycles. The standard InChI is InChI=1S/C58H39N3O/c1-3-15-38(16-4-1)39-29-31-41(32-30-39)56-59-55(40-17-5-2-6-18-40)60-57(61-56)46-22-14-21-44(36-46)42-19-13-20-43(35-42)45-33-34-48-47-23-7-8-24-49(47)58(52(48)37-45)50-25-9-11-27-53(50)62-54-28-12-10-26-51(54)58/h1-37,56H,(H,59,60,61). The molecule has 62 heavy (non-hydrogen) atoms. The Hall–Kier alpha value is -8.08. The minimum Gasteiger partial charge on any atom is -0.457 e. The van der Waals surface area contributed by atoms with Crippen LogP contribution in [0.1, 0.15) is 45.1 Å². The lowest BCUT2D eigenvalue weighted by Gasteiger charge is -2.39. The number of amidine groups is 2. The van der Waals surface area contributed by atoms with Crippen LogP contribution < -0.4 is 10.1 Å². The topological polar surface area (TPSA) is 46.0 Å². The predicted molar refractivity (Wildman–Crippen MR) is 252 cm³/mol. The van der Waals surface area contributed by atoms with Crippen molar-refractivity contribution in [2.75, 3.05) is 0 Å². The van der Waals surface area contributed by atoms with Crippen molar-refractivity contribution in [1.29, 1.82) is 0 Å². The van der Waals surface area contributed by atoms with Crippen LogP contribution in [0.5, 0.6) is 11.5 Å². The van der Waals surface area contributed by atoms with Crippen molar-refractivity contribution >= 4 is 11.7 Å². The van der Waals surface area contributed by atoms with E-state index in [1.165, 1.54) is 50.1 Å². The van der Waals surface area contributed by atoms with Gasteiger partial charge in [-0.15, -0.1) is 0 Å². The molecule has 1 spiro atoms. The van der Waals surface area contributed by atoms with Gasteiger partial charge in [0.1, 0.15) is 23.2 Å². The highest BCUT2D eigenvalue weighted by Gasteiger charge is 2.51. The number of aliphatic imine (C=N–C) groups is 2. The molecule has 0 fully saturated rings. The Morgan fingerprint density at radius 1 is 0.339 bits per heavy atom. The number of para-hydroxylation sites is 2. The van der Waals surface area contributed by atoms with E-state index in [-0.39, 0.29) is 0 Å². The van der Waals surface area contributed by atoms with Crippen molar-refractivity contribution in [3.05, 3.63) is 263 Å². The van der Waals surface area contributed by atoms with Gasteiger partial charge in [0.05, 0.1) is 5.41 Å². The second kappa shape index (κ2) is 14.6. The zero-order valence-corrected chi connectivity index (χ0v) is 33.7. The van der Waals surface area contributed by atoms with Gasteiger partial charge in [-0.2, -0.15) is 0 Å². The van der Waals surface area contributed by atoms with Crippen molar-refractivity contribution in [3.63, 3.8) is 0 Å². The lowest BCUT2D eigenvalue weighted by atomic mass is 9.66. The van der Waals surface area contributed by atoms with Crippen molar-refractivity contribution in [1.82, 2.24) is 5.32 Å². The van der Waals surface area contributed by atoms with Gasteiger partial charge in [-0.05, 0) is 91.5 Å². The average Bonchev–Trinajstić information content (AvgIpc) is 3.64. The largest absolute Gasteiger partial charge is 0.457 e. The van der Waals surface area contributed by atoms with Crippen LogP contribution in [0, 0.1) is 0 Å². The number of fused-ring (bicyclic) bond motifs is 9. The Morgan fingerprint density at radius 2 is 0.790 bits per heavy atom. The van der Waals surface area contributed by atoms with E-state index < -0.39 is 11.6 Å². The summed E-state index contributed by atoms with van der Waals surface area (Å²) in [6.45, 7) is 0. The van der Waals surface area contributed by atoms with Gasteiger partial charge in [0.2, 0.25) is 0 Å². The smallest absolute Gasteiger partial charge is 0.169 e. The van der Waals surface area contributed by atoms with Gasteiger partial charge in [-0.3, -0.25) is 0 Å². The van der Waals surface area contributed by atoms with Gasteiger partial charge in [-0.25, -0.2) is 9.98 Å². The van der Waals surface area contributed by atoms with E-state index >= 15 is 0 Å². The quantitative estimate of drug-likeness (QED) is 0.182. The van der Waals surface area contributed by atoms with Gasteiger partial charge >= 0.3 is 0 Å². The Kier molecular flexibility index (Phi) is 8.42. The van der Waals surface area contributed by atoms with Crippen LogP contribution in [0.15, 0.2) is 234 Å². The summed E-state index contributed by atoms with van der Waals surface area (Å²) in [4.78, 5) is 10.4. The average molecular weight is 794 g/mol. The molecular formula is C58H39N3O. The zero-order valence-electron chi connectivity index (χ0n) is 33.7. The number of hydrogen-bond acceptors (Lipinski definition) is 4. The summed E-state index contributed by atoms with van der Waals surface area (Å²) >= 11 is 0. The molecule has 0 saturated carbocycles. The highest BCUT2D eigenvalue weighted by atomic mass is 16.5. The van der Waals surface area contributed by atoms with Crippen LogP contribution in [0.2, 0.25) is 0 Å². The zero-order chi connectivity index (χ0) is 41.0. The lowest BCUT2D eigenvalue weighted by Crippen LogP contribution is -2.36. The van der Waals surface area contributed by atoms with Gasteiger partial charge in [0.15, 0.2) is 6.17 Å². The summed E-state index contributed by atoms with van der Waals surface area (Å²) in [5, 5.41) is 3.60. The highest BCUT2D eigenvalue weighted by molar-refractivity contribution is 6.16. The molecule has 12 rings (SSSR count). The predicted octanol–water partition coefficient (Wildman–Crippen LogP) is 13.7. The number of benzene rings is 9. The molecule has 1 unspecified atom stereocenters. The lowest BCUT2D eigenvalue weighted by molar-refractivity contribution is 0.436. The molecule has 0 bridgehead atoms. The molecule has 292 valence electrons. The Bertz CT molecular complexity index is 3200. The molecule has 1 atom stereocenters. The molecular weight excluding hydrogens is 755 g/mol. The van der Waals surface area contributed by atoms with Gasteiger partial charge in [0.25, 0.3) is 0 Å². The summed E-state index contributed by atoms with van der Waals surface area (Å²) in [6, 6.07) is 79.9. The maximum Gasteiger partial charge on any atom is 0.169 e. The summed E-state index contributed by atoms with van der Waals surface area (Å²) in [7, 11) is 0. The molecule has 3 aliphatic rings. The number of rotatable bonds is 6.